The number of nitrogens with two attached hydrogens (primary N) is 1. The first kappa shape index (κ1) is 12.7. The summed E-state index contributed by atoms with van der Waals surface area (Å²) in [7, 11) is 3.66. The van der Waals surface area contributed by atoms with E-state index in [1.165, 1.54) is 11.3 Å². The maximum absolute atomic E-state index is 11.7. The SMILES string of the molecule is CC(CO)NC(=O)c1sc(N(C)C)nc1N. The molecule has 0 aromatic carbocycles. The van der Waals surface area contributed by atoms with E-state index >= 15 is 0 Å². The Morgan fingerprint density at radius 3 is 2.75 bits per heavy atom. The second kappa shape index (κ2) is 5.13. The quantitative estimate of drug-likeness (QED) is 0.688. The van der Waals surface area contributed by atoms with Gasteiger partial charge in [0.25, 0.3) is 5.91 Å². The molecule has 6 nitrogen and oxygen atoms in total. The van der Waals surface area contributed by atoms with Gasteiger partial charge in [0.15, 0.2) is 5.13 Å². The highest BCUT2D eigenvalue weighted by Gasteiger charge is 2.18. The lowest BCUT2D eigenvalue weighted by Gasteiger charge is -2.09. The molecule has 0 aliphatic rings. The van der Waals surface area contributed by atoms with Crippen molar-refractivity contribution in [2.75, 3.05) is 31.3 Å². The minimum Gasteiger partial charge on any atom is -0.394 e. The molecular formula is C9H16N4O2S. The molecule has 1 aromatic rings. The zero-order valence-corrected chi connectivity index (χ0v) is 10.3. The number of aliphatic hydroxyl groups is 1. The van der Waals surface area contributed by atoms with E-state index in [-0.39, 0.29) is 24.4 Å². The molecule has 0 fully saturated rings. The van der Waals surface area contributed by atoms with Gasteiger partial charge in [0, 0.05) is 20.1 Å². The number of nitrogens with zero attached hydrogens (tertiary/aromatic N) is 2. The lowest BCUT2D eigenvalue weighted by Crippen LogP contribution is -2.34. The zero-order valence-electron chi connectivity index (χ0n) is 9.52. The monoisotopic (exact) mass is 244 g/mol. The molecule has 1 aromatic heterocycles. The van der Waals surface area contributed by atoms with Gasteiger partial charge >= 0.3 is 0 Å². The summed E-state index contributed by atoms with van der Waals surface area (Å²) in [5.74, 6) is -0.0824. The number of nitrogen functional groups attached to an aromatic ring is 1. The highest BCUT2D eigenvalue weighted by molar-refractivity contribution is 7.18. The van der Waals surface area contributed by atoms with Gasteiger partial charge in [-0.05, 0) is 6.92 Å². The molecule has 0 saturated heterocycles. The highest BCUT2D eigenvalue weighted by Crippen LogP contribution is 2.26. The van der Waals surface area contributed by atoms with Crippen molar-refractivity contribution in [3.63, 3.8) is 0 Å². The number of carbonyl (C=O) groups is 1. The Bertz CT molecular complexity index is 378. The maximum Gasteiger partial charge on any atom is 0.265 e. The van der Waals surface area contributed by atoms with Crippen LogP contribution >= 0.6 is 11.3 Å². The lowest BCUT2D eigenvalue weighted by atomic mass is 10.3. The largest absolute Gasteiger partial charge is 0.394 e. The van der Waals surface area contributed by atoms with Crippen LogP contribution in [0.1, 0.15) is 16.6 Å². The summed E-state index contributed by atoms with van der Waals surface area (Å²) in [5.41, 5.74) is 5.65. The number of nitrogens with one attached hydrogen (secondary N) is 1. The molecule has 16 heavy (non-hydrogen) atoms. The van der Waals surface area contributed by atoms with Crippen LogP contribution in [0.25, 0.3) is 0 Å². The summed E-state index contributed by atoms with van der Waals surface area (Å²) < 4.78 is 0. The van der Waals surface area contributed by atoms with Crippen LogP contribution in [0.3, 0.4) is 0 Å². The third-order valence-corrected chi connectivity index (χ3v) is 3.12. The maximum atomic E-state index is 11.7. The van der Waals surface area contributed by atoms with Crippen molar-refractivity contribution in [2.24, 2.45) is 0 Å². The molecular weight excluding hydrogens is 228 g/mol. The van der Waals surface area contributed by atoms with E-state index in [4.69, 9.17) is 10.8 Å². The molecule has 0 spiro atoms. The molecule has 1 rings (SSSR count). The third-order valence-electron chi connectivity index (χ3n) is 1.88. The van der Waals surface area contributed by atoms with Crippen molar-refractivity contribution in [3.05, 3.63) is 4.88 Å². The van der Waals surface area contributed by atoms with E-state index < -0.39 is 0 Å². The number of aromatic nitrogens is 1. The van der Waals surface area contributed by atoms with Crippen molar-refractivity contribution in [1.29, 1.82) is 0 Å². The average Bonchev–Trinajstić information content (AvgIpc) is 2.60. The second-order valence-electron chi connectivity index (χ2n) is 3.66. The molecule has 0 bridgehead atoms. The number of carbonyl (C=O) groups excluding carboxylic acids is 1. The fourth-order valence-corrected chi connectivity index (χ4v) is 1.82. The van der Waals surface area contributed by atoms with E-state index in [0.29, 0.717) is 10.0 Å². The summed E-state index contributed by atoms with van der Waals surface area (Å²) in [5, 5.41) is 12.1. The van der Waals surface area contributed by atoms with E-state index in [1.807, 2.05) is 14.1 Å². The number of thiazole rings is 1. The minimum atomic E-state index is -0.301. The van der Waals surface area contributed by atoms with Gasteiger partial charge in [-0.25, -0.2) is 4.98 Å². The van der Waals surface area contributed by atoms with Gasteiger partial charge in [-0.15, -0.1) is 0 Å². The molecule has 7 heteroatoms. The first-order valence-electron chi connectivity index (χ1n) is 4.81. The Balaban J connectivity index is 2.83. The van der Waals surface area contributed by atoms with Crippen LogP contribution in [0.15, 0.2) is 0 Å². The highest BCUT2D eigenvalue weighted by atomic mass is 32.1. The fraction of sp³-hybridized carbons (Fsp3) is 0.556. The molecule has 0 aliphatic carbocycles. The van der Waals surface area contributed by atoms with Crippen molar-refractivity contribution >= 4 is 28.2 Å². The van der Waals surface area contributed by atoms with Gasteiger partial charge in [0.05, 0.1) is 6.61 Å². The Labute approximate surface area is 98.1 Å². The van der Waals surface area contributed by atoms with Crippen LogP contribution in [0.5, 0.6) is 0 Å². The van der Waals surface area contributed by atoms with E-state index in [1.54, 1.807) is 11.8 Å². The first-order valence-corrected chi connectivity index (χ1v) is 5.62. The molecule has 4 N–H and O–H groups in total. The standard InChI is InChI=1S/C9H16N4O2S/c1-5(4-14)11-8(15)6-7(10)12-9(16-6)13(2)3/h5,14H,4,10H2,1-3H3,(H,11,15). The smallest absolute Gasteiger partial charge is 0.265 e. The summed E-state index contributed by atoms with van der Waals surface area (Å²) in [6.45, 7) is 1.60. The van der Waals surface area contributed by atoms with Gasteiger partial charge < -0.3 is 21.1 Å². The number of amides is 1. The predicted molar refractivity (Wildman–Crippen MR) is 64.9 cm³/mol. The number of anilines is 2. The van der Waals surface area contributed by atoms with Gasteiger partial charge in [-0.2, -0.15) is 0 Å². The topological polar surface area (TPSA) is 91.5 Å². The molecule has 1 heterocycles. The van der Waals surface area contributed by atoms with Crippen LogP contribution in [-0.2, 0) is 0 Å². The molecule has 0 radical (unpaired) electrons. The van der Waals surface area contributed by atoms with Crippen LogP contribution in [-0.4, -0.2) is 42.7 Å². The van der Waals surface area contributed by atoms with Crippen molar-refractivity contribution in [1.82, 2.24) is 10.3 Å². The Morgan fingerprint density at radius 1 is 1.69 bits per heavy atom. The van der Waals surface area contributed by atoms with Crippen LogP contribution in [0, 0.1) is 0 Å². The van der Waals surface area contributed by atoms with Gasteiger partial charge in [0.1, 0.15) is 10.7 Å². The normalized spacial score (nSPS) is 12.2. The average molecular weight is 244 g/mol. The molecule has 1 unspecified atom stereocenters. The first-order chi connectivity index (χ1) is 7.45. The molecule has 0 saturated carbocycles. The number of aliphatic hydroxyl groups excluding tert-OH is 1. The van der Waals surface area contributed by atoms with E-state index in [2.05, 4.69) is 10.3 Å². The van der Waals surface area contributed by atoms with Crippen molar-refractivity contribution in [2.45, 2.75) is 13.0 Å². The van der Waals surface area contributed by atoms with Crippen LogP contribution in [0.4, 0.5) is 10.9 Å². The summed E-state index contributed by atoms with van der Waals surface area (Å²) in [6, 6.07) is -0.295. The molecule has 1 atom stereocenters. The Morgan fingerprint density at radius 2 is 2.31 bits per heavy atom. The summed E-state index contributed by atoms with van der Waals surface area (Å²) in [6.07, 6.45) is 0. The van der Waals surface area contributed by atoms with Gasteiger partial charge in [-0.1, -0.05) is 11.3 Å². The number of hydrogen-bond acceptors (Lipinski definition) is 6. The zero-order chi connectivity index (χ0) is 12.3. The Hall–Kier alpha value is -1.34. The predicted octanol–water partition coefficient (Wildman–Crippen LogP) is -0.0981. The molecule has 0 aliphatic heterocycles. The second-order valence-corrected chi connectivity index (χ2v) is 4.64. The molecule has 90 valence electrons. The van der Waals surface area contributed by atoms with Crippen molar-refractivity contribution < 1.29 is 9.90 Å². The fourth-order valence-electron chi connectivity index (χ4n) is 1.01. The van der Waals surface area contributed by atoms with Crippen LogP contribution in [0.2, 0.25) is 0 Å². The number of hydrogen-bond donors (Lipinski definition) is 3. The van der Waals surface area contributed by atoms with E-state index in [9.17, 15) is 4.79 Å². The van der Waals surface area contributed by atoms with Crippen molar-refractivity contribution in [3.8, 4) is 0 Å². The number of rotatable bonds is 4. The summed E-state index contributed by atoms with van der Waals surface area (Å²) >= 11 is 1.22. The molecule has 1 amide bonds. The minimum absolute atomic E-state index is 0.106. The van der Waals surface area contributed by atoms with Gasteiger partial charge in [0.2, 0.25) is 0 Å². The lowest BCUT2D eigenvalue weighted by molar-refractivity contribution is 0.0927. The Kier molecular flexibility index (Phi) is 4.08. The third kappa shape index (κ3) is 2.83. The van der Waals surface area contributed by atoms with Gasteiger partial charge in [-0.3, -0.25) is 4.79 Å². The van der Waals surface area contributed by atoms with E-state index in [0.717, 1.165) is 0 Å². The van der Waals surface area contributed by atoms with Crippen LogP contribution < -0.4 is 16.0 Å². The summed E-state index contributed by atoms with van der Waals surface area (Å²) in [4.78, 5) is 17.9.